The Bertz CT molecular complexity index is 955. The number of nitrogens with one attached hydrogen (secondary N) is 1. The maximum absolute atomic E-state index is 12.4. The lowest BCUT2D eigenvalue weighted by Gasteiger charge is -2.40. The van der Waals surface area contributed by atoms with Crippen LogP contribution in [0.2, 0.25) is 0 Å². The second-order valence-corrected chi connectivity index (χ2v) is 8.06. The minimum Gasteiger partial charge on any atom is -0.454 e. The summed E-state index contributed by atoms with van der Waals surface area (Å²) in [6, 6.07) is 7.57. The molecule has 2 aliphatic heterocycles. The number of likely N-dealkylation sites (tertiary alicyclic amines) is 1. The number of hydrogen-bond donors (Lipinski definition) is 1. The molecule has 2 aliphatic rings. The Morgan fingerprint density at radius 2 is 2.04 bits per heavy atom. The van der Waals surface area contributed by atoms with E-state index in [1.165, 1.54) is 11.6 Å². The molecule has 0 spiro atoms. The summed E-state index contributed by atoms with van der Waals surface area (Å²) >= 11 is 0. The number of aromatic amines is 1. The number of aryl methyl sites for hydroxylation is 1. The van der Waals surface area contributed by atoms with Gasteiger partial charge in [-0.15, -0.1) is 0 Å². The molecule has 2 aromatic rings. The van der Waals surface area contributed by atoms with E-state index in [2.05, 4.69) is 23.0 Å². The van der Waals surface area contributed by atoms with E-state index < -0.39 is 0 Å². The van der Waals surface area contributed by atoms with E-state index in [1.807, 2.05) is 17.0 Å². The van der Waals surface area contributed by atoms with Gasteiger partial charge >= 0.3 is 0 Å². The molecule has 1 aromatic carbocycles. The topological polar surface area (TPSA) is 84.5 Å². The van der Waals surface area contributed by atoms with Crippen LogP contribution in [-0.2, 0) is 17.6 Å². The van der Waals surface area contributed by atoms with Crippen LogP contribution in [0.4, 0.5) is 0 Å². The molecular formula is C21H25N3O4. The summed E-state index contributed by atoms with van der Waals surface area (Å²) in [6.45, 7) is 5.54. The summed E-state index contributed by atoms with van der Waals surface area (Å²) in [4.78, 5) is 33.0. The van der Waals surface area contributed by atoms with Crippen molar-refractivity contribution in [3.8, 4) is 11.5 Å². The number of hydrogen-bond acceptors (Lipinski definition) is 5. The lowest BCUT2D eigenvalue weighted by Crippen LogP contribution is -2.47. The molecule has 7 heteroatoms. The predicted molar refractivity (Wildman–Crippen MR) is 103 cm³/mol. The molecule has 0 aliphatic carbocycles. The first-order chi connectivity index (χ1) is 13.4. The molecule has 1 saturated heterocycles. The monoisotopic (exact) mass is 383 g/mol. The molecular weight excluding hydrogens is 358 g/mol. The molecule has 3 heterocycles. The number of aromatic nitrogens is 2. The van der Waals surface area contributed by atoms with Crippen LogP contribution in [0.3, 0.4) is 0 Å². The fourth-order valence-corrected chi connectivity index (χ4v) is 4.11. The molecule has 0 radical (unpaired) electrons. The lowest BCUT2D eigenvalue weighted by molar-refractivity contribution is -0.137. The van der Waals surface area contributed by atoms with Gasteiger partial charge in [-0.25, -0.2) is 4.98 Å². The molecule has 4 rings (SSSR count). The molecule has 7 nitrogen and oxygen atoms in total. The minimum atomic E-state index is -0.153. The van der Waals surface area contributed by atoms with Crippen LogP contribution < -0.4 is 15.0 Å². The molecule has 0 saturated carbocycles. The van der Waals surface area contributed by atoms with E-state index in [0.29, 0.717) is 31.8 Å². The van der Waals surface area contributed by atoms with Gasteiger partial charge in [0.1, 0.15) is 5.82 Å². The van der Waals surface area contributed by atoms with Crippen LogP contribution >= 0.6 is 0 Å². The molecule has 1 atom stereocenters. The largest absolute Gasteiger partial charge is 0.454 e. The van der Waals surface area contributed by atoms with E-state index in [0.717, 1.165) is 30.0 Å². The minimum absolute atomic E-state index is 0.000880. The zero-order chi connectivity index (χ0) is 19.7. The maximum atomic E-state index is 12.4. The second kappa shape index (κ2) is 7.30. The van der Waals surface area contributed by atoms with Gasteiger partial charge in [-0.05, 0) is 42.9 Å². The van der Waals surface area contributed by atoms with Gasteiger partial charge in [-0.1, -0.05) is 13.0 Å². The quantitative estimate of drug-likeness (QED) is 0.856. The van der Waals surface area contributed by atoms with Gasteiger partial charge in [0.25, 0.3) is 5.56 Å². The van der Waals surface area contributed by atoms with Crippen LogP contribution in [0.15, 0.2) is 29.1 Å². The summed E-state index contributed by atoms with van der Waals surface area (Å²) < 4.78 is 10.9. The number of H-pyrrole nitrogens is 1. The highest BCUT2D eigenvalue weighted by Gasteiger charge is 2.35. The summed E-state index contributed by atoms with van der Waals surface area (Å²) in [5, 5.41) is 0. The first kappa shape index (κ1) is 18.5. The highest BCUT2D eigenvalue weighted by atomic mass is 16.7. The number of carbonyl (C=O) groups is 1. The Balaban J connectivity index is 1.43. The molecule has 0 unspecified atom stereocenters. The lowest BCUT2D eigenvalue weighted by atomic mass is 9.76. The maximum Gasteiger partial charge on any atom is 0.251 e. The van der Waals surface area contributed by atoms with Crippen molar-refractivity contribution < 1.29 is 14.3 Å². The molecule has 1 amide bonds. The van der Waals surface area contributed by atoms with E-state index in [-0.39, 0.29) is 23.7 Å². The van der Waals surface area contributed by atoms with Crippen molar-refractivity contribution in [3.63, 3.8) is 0 Å². The van der Waals surface area contributed by atoms with Gasteiger partial charge in [-0.3, -0.25) is 9.59 Å². The van der Waals surface area contributed by atoms with Crippen LogP contribution in [0.1, 0.15) is 36.8 Å². The standard InChI is InChI=1S/C21H25N3O4/c1-14-22-16(10-19(25)23-14)6-8-24-12-21(2,7-5-20(24)26)11-15-3-4-17-18(9-15)28-13-27-17/h3-4,9-10H,5-8,11-13H2,1-2H3,(H,22,23,25)/t21-/m1/s1. The average molecular weight is 383 g/mol. The second-order valence-electron chi connectivity index (χ2n) is 8.06. The van der Waals surface area contributed by atoms with Crippen LogP contribution in [0, 0.1) is 12.3 Å². The van der Waals surface area contributed by atoms with Crippen molar-refractivity contribution in [1.29, 1.82) is 0 Å². The van der Waals surface area contributed by atoms with E-state index in [9.17, 15) is 9.59 Å². The number of carbonyl (C=O) groups excluding carboxylic acids is 1. The number of fused-ring (bicyclic) bond motifs is 1. The van der Waals surface area contributed by atoms with Gasteiger partial charge in [0.15, 0.2) is 11.5 Å². The number of benzene rings is 1. The highest BCUT2D eigenvalue weighted by Crippen LogP contribution is 2.37. The van der Waals surface area contributed by atoms with Crippen molar-refractivity contribution in [3.05, 3.63) is 51.7 Å². The Morgan fingerprint density at radius 3 is 2.86 bits per heavy atom. The van der Waals surface area contributed by atoms with Crippen molar-refractivity contribution in [2.45, 2.75) is 39.5 Å². The van der Waals surface area contributed by atoms with Crippen molar-refractivity contribution >= 4 is 5.91 Å². The Kier molecular flexibility index (Phi) is 4.83. The number of rotatable bonds is 5. The SMILES string of the molecule is Cc1nc(CCN2C[C@@](C)(Cc3ccc4c(c3)OCO4)CCC2=O)cc(=O)[nH]1. The molecule has 148 valence electrons. The average Bonchev–Trinajstić information content (AvgIpc) is 3.10. The van der Waals surface area contributed by atoms with Crippen LogP contribution in [0.25, 0.3) is 0 Å². The van der Waals surface area contributed by atoms with Crippen LogP contribution in [0.5, 0.6) is 11.5 Å². The Morgan fingerprint density at radius 1 is 1.21 bits per heavy atom. The van der Waals surface area contributed by atoms with Gasteiger partial charge < -0.3 is 19.4 Å². The fourth-order valence-electron chi connectivity index (χ4n) is 4.11. The smallest absolute Gasteiger partial charge is 0.251 e. The number of ether oxygens (including phenoxy) is 2. The molecule has 28 heavy (non-hydrogen) atoms. The van der Waals surface area contributed by atoms with E-state index >= 15 is 0 Å². The summed E-state index contributed by atoms with van der Waals surface area (Å²) in [5.74, 6) is 2.35. The van der Waals surface area contributed by atoms with Gasteiger partial charge in [0.05, 0.1) is 0 Å². The van der Waals surface area contributed by atoms with Crippen molar-refractivity contribution in [2.24, 2.45) is 5.41 Å². The molecule has 1 aromatic heterocycles. The van der Waals surface area contributed by atoms with Gasteiger partial charge in [-0.2, -0.15) is 0 Å². The van der Waals surface area contributed by atoms with E-state index in [1.54, 1.807) is 6.92 Å². The third kappa shape index (κ3) is 4.03. The first-order valence-electron chi connectivity index (χ1n) is 9.63. The molecule has 1 N–H and O–H groups in total. The third-order valence-corrected chi connectivity index (χ3v) is 5.49. The number of piperidine rings is 1. The van der Waals surface area contributed by atoms with E-state index in [4.69, 9.17) is 9.47 Å². The fraction of sp³-hybridized carbons (Fsp3) is 0.476. The molecule has 0 bridgehead atoms. The Labute approximate surface area is 163 Å². The number of amides is 1. The number of nitrogens with zero attached hydrogens (tertiary/aromatic N) is 2. The molecule has 1 fully saturated rings. The van der Waals surface area contributed by atoms with Crippen LogP contribution in [-0.4, -0.2) is 40.7 Å². The van der Waals surface area contributed by atoms with Crippen molar-refractivity contribution in [2.75, 3.05) is 19.9 Å². The highest BCUT2D eigenvalue weighted by molar-refractivity contribution is 5.77. The summed E-state index contributed by atoms with van der Waals surface area (Å²) in [6.07, 6.45) is 2.86. The zero-order valence-electron chi connectivity index (χ0n) is 16.3. The Hall–Kier alpha value is -2.83. The third-order valence-electron chi connectivity index (χ3n) is 5.49. The summed E-state index contributed by atoms with van der Waals surface area (Å²) in [7, 11) is 0. The van der Waals surface area contributed by atoms with Crippen molar-refractivity contribution in [1.82, 2.24) is 14.9 Å². The van der Waals surface area contributed by atoms with Gasteiger partial charge in [0.2, 0.25) is 12.7 Å². The first-order valence-corrected chi connectivity index (χ1v) is 9.63. The van der Waals surface area contributed by atoms with Gasteiger partial charge in [0, 0.05) is 37.7 Å². The zero-order valence-corrected chi connectivity index (χ0v) is 16.3. The summed E-state index contributed by atoms with van der Waals surface area (Å²) in [5.41, 5.74) is 1.75. The normalized spacial score (nSPS) is 21.2. The predicted octanol–water partition coefficient (Wildman–Crippen LogP) is 2.22.